The maximum Gasteiger partial charge on any atom is 0.306 e. The largest absolute Gasteiger partial charge is 0.469 e. The van der Waals surface area contributed by atoms with Crippen molar-refractivity contribution in [3.05, 3.63) is 42.0 Å². The van der Waals surface area contributed by atoms with Crippen LogP contribution >= 0.6 is 0 Å². The van der Waals surface area contributed by atoms with Crippen LogP contribution in [0.4, 0.5) is 0 Å². The van der Waals surface area contributed by atoms with Crippen LogP contribution in [0.25, 0.3) is 6.08 Å². The molecule has 1 aromatic rings. The molecule has 6 nitrogen and oxygen atoms in total. The number of fused-ring (bicyclic) bond motifs is 1. The number of allylic oxidation sites excluding steroid dienone is 2. The number of hydrogen-bond acceptors (Lipinski definition) is 5. The molecule has 1 aromatic carbocycles. The molecule has 3 rings (SSSR count). The lowest BCUT2D eigenvalue weighted by Gasteiger charge is -2.36. The summed E-state index contributed by atoms with van der Waals surface area (Å²) >= 11 is 0. The number of amides is 1. The molecule has 1 N–H and O–H groups in total. The maximum absolute atomic E-state index is 12.2. The second-order valence-electron chi connectivity index (χ2n) is 7.36. The van der Waals surface area contributed by atoms with Gasteiger partial charge in [-0.2, -0.15) is 0 Å². The summed E-state index contributed by atoms with van der Waals surface area (Å²) in [7, 11) is 1.41. The molecule has 0 bridgehead atoms. The summed E-state index contributed by atoms with van der Waals surface area (Å²) in [6.45, 7) is 0.747. The molecule has 0 unspecified atom stereocenters. The standard InChI is InChI=1S/C22H27NO5/c1-26-21(25)14-22(11-5-2-6-12-22)15-23-20(24)8-4-3-7-17-9-10-18-19(13-17)28-16-27-18/h3-4,7-10,13H,2,5-6,11-12,14-16H2,1H3,(H,23,24)/b7-3+,8-4+. The fraction of sp³-hybridized carbons (Fsp3) is 0.455. The van der Waals surface area contributed by atoms with Crippen LogP contribution in [0.15, 0.2) is 36.4 Å². The summed E-state index contributed by atoms with van der Waals surface area (Å²) in [6.07, 6.45) is 12.5. The zero-order chi connectivity index (χ0) is 19.8. The van der Waals surface area contributed by atoms with Gasteiger partial charge < -0.3 is 19.5 Å². The Morgan fingerprint density at radius 2 is 1.93 bits per heavy atom. The first-order valence-corrected chi connectivity index (χ1v) is 9.69. The van der Waals surface area contributed by atoms with E-state index >= 15 is 0 Å². The van der Waals surface area contributed by atoms with E-state index in [2.05, 4.69) is 5.32 Å². The van der Waals surface area contributed by atoms with Crippen molar-refractivity contribution < 1.29 is 23.8 Å². The number of esters is 1. The van der Waals surface area contributed by atoms with Gasteiger partial charge >= 0.3 is 5.97 Å². The number of hydrogen-bond donors (Lipinski definition) is 1. The van der Waals surface area contributed by atoms with Crippen molar-refractivity contribution in [2.45, 2.75) is 38.5 Å². The van der Waals surface area contributed by atoms with Crippen molar-refractivity contribution in [3.63, 3.8) is 0 Å². The Morgan fingerprint density at radius 3 is 2.71 bits per heavy atom. The molecule has 1 heterocycles. The number of rotatable bonds is 7. The molecule has 6 heteroatoms. The van der Waals surface area contributed by atoms with Crippen molar-refractivity contribution in [2.24, 2.45) is 5.41 Å². The lowest BCUT2D eigenvalue weighted by Crippen LogP contribution is -2.40. The smallest absolute Gasteiger partial charge is 0.306 e. The van der Waals surface area contributed by atoms with Gasteiger partial charge in [0.1, 0.15) is 0 Å². The van der Waals surface area contributed by atoms with Crippen LogP contribution in [0.2, 0.25) is 0 Å². The second-order valence-corrected chi connectivity index (χ2v) is 7.36. The summed E-state index contributed by atoms with van der Waals surface area (Å²) < 4.78 is 15.5. The molecule has 1 aliphatic carbocycles. The molecule has 0 spiro atoms. The third-order valence-corrected chi connectivity index (χ3v) is 5.34. The fourth-order valence-electron chi connectivity index (χ4n) is 3.76. The first kappa shape index (κ1) is 20.0. The van der Waals surface area contributed by atoms with Gasteiger partial charge in [-0.05, 0) is 36.0 Å². The molecule has 1 fully saturated rings. The van der Waals surface area contributed by atoms with Gasteiger partial charge in [0, 0.05) is 12.6 Å². The van der Waals surface area contributed by atoms with Crippen molar-refractivity contribution in [1.82, 2.24) is 5.32 Å². The van der Waals surface area contributed by atoms with Crippen LogP contribution in [-0.4, -0.2) is 32.3 Å². The van der Waals surface area contributed by atoms with E-state index in [1.54, 1.807) is 6.08 Å². The average Bonchev–Trinajstić information content (AvgIpc) is 3.18. The Kier molecular flexibility index (Phi) is 6.74. The number of carbonyl (C=O) groups excluding carboxylic acids is 2. The fourth-order valence-corrected chi connectivity index (χ4v) is 3.76. The zero-order valence-electron chi connectivity index (χ0n) is 16.2. The Hall–Kier alpha value is -2.76. The lowest BCUT2D eigenvalue weighted by atomic mass is 9.71. The van der Waals surface area contributed by atoms with Crippen LogP contribution < -0.4 is 14.8 Å². The number of methoxy groups -OCH3 is 1. The number of benzene rings is 1. The van der Waals surface area contributed by atoms with Gasteiger partial charge in [0.05, 0.1) is 13.5 Å². The van der Waals surface area contributed by atoms with E-state index in [-0.39, 0.29) is 24.1 Å². The van der Waals surface area contributed by atoms with Crippen LogP contribution in [0.1, 0.15) is 44.1 Å². The van der Waals surface area contributed by atoms with Crippen molar-refractivity contribution >= 4 is 18.0 Å². The molecule has 0 aromatic heterocycles. The Morgan fingerprint density at radius 1 is 1.14 bits per heavy atom. The van der Waals surface area contributed by atoms with E-state index in [0.29, 0.717) is 13.0 Å². The van der Waals surface area contributed by atoms with E-state index in [1.807, 2.05) is 30.4 Å². The van der Waals surface area contributed by atoms with Gasteiger partial charge in [-0.1, -0.05) is 43.6 Å². The minimum absolute atomic E-state index is 0.162. The predicted molar refractivity (Wildman–Crippen MR) is 106 cm³/mol. The number of ether oxygens (including phenoxy) is 3. The lowest BCUT2D eigenvalue weighted by molar-refractivity contribution is -0.144. The zero-order valence-corrected chi connectivity index (χ0v) is 16.2. The van der Waals surface area contributed by atoms with Gasteiger partial charge in [-0.15, -0.1) is 0 Å². The Bertz CT molecular complexity index is 762. The minimum Gasteiger partial charge on any atom is -0.469 e. The van der Waals surface area contributed by atoms with Gasteiger partial charge in [-0.25, -0.2) is 0 Å². The summed E-state index contributed by atoms with van der Waals surface area (Å²) in [6, 6.07) is 5.69. The van der Waals surface area contributed by atoms with E-state index in [4.69, 9.17) is 14.2 Å². The SMILES string of the molecule is COC(=O)CC1(CNC(=O)/C=C/C=C/c2ccc3c(c2)OCO3)CCCCC1. The van der Waals surface area contributed by atoms with Crippen LogP contribution in [-0.2, 0) is 14.3 Å². The van der Waals surface area contributed by atoms with E-state index in [9.17, 15) is 9.59 Å². The highest BCUT2D eigenvalue weighted by Crippen LogP contribution is 2.39. The summed E-state index contributed by atoms with van der Waals surface area (Å²) in [5, 5.41) is 2.95. The molecular weight excluding hydrogens is 358 g/mol. The highest BCUT2D eigenvalue weighted by molar-refractivity contribution is 5.88. The van der Waals surface area contributed by atoms with Gasteiger partial charge in [-0.3, -0.25) is 9.59 Å². The second kappa shape index (κ2) is 9.44. The number of carbonyl (C=O) groups is 2. The van der Waals surface area contributed by atoms with E-state index < -0.39 is 0 Å². The molecule has 1 saturated carbocycles. The molecular formula is C22H27NO5. The molecule has 1 aliphatic heterocycles. The molecule has 1 amide bonds. The molecule has 0 radical (unpaired) electrons. The summed E-state index contributed by atoms with van der Waals surface area (Å²) in [4.78, 5) is 23.9. The molecule has 150 valence electrons. The highest BCUT2D eigenvalue weighted by Gasteiger charge is 2.34. The van der Waals surface area contributed by atoms with E-state index in [1.165, 1.54) is 19.6 Å². The third kappa shape index (κ3) is 5.38. The average molecular weight is 385 g/mol. The monoisotopic (exact) mass is 385 g/mol. The quantitative estimate of drug-likeness (QED) is 0.441. The predicted octanol–water partition coefficient (Wildman–Crippen LogP) is 3.61. The third-order valence-electron chi connectivity index (χ3n) is 5.34. The van der Waals surface area contributed by atoms with Gasteiger partial charge in [0.15, 0.2) is 11.5 Å². The highest BCUT2D eigenvalue weighted by atomic mass is 16.7. The summed E-state index contributed by atoms with van der Waals surface area (Å²) in [5.74, 6) is 1.10. The minimum atomic E-state index is -0.210. The Labute approximate surface area is 165 Å². The van der Waals surface area contributed by atoms with E-state index in [0.717, 1.165) is 42.7 Å². The van der Waals surface area contributed by atoms with Crippen molar-refractivity contribution in [2.75, 3.05) is 20.4 Å². The molecule has 0 saturated heterocycles. The first-order chi connectivity index (χ1) is 13.6. The Balaban J connectivity index is 1.50. The first-order valence-electron chi connectivity index (χ1n) is 9.69. The molecule has 0 atom stereocenters. The maximum atomic E-state index is 12.2. The van der Waals surface area contributed by atoms with Crippen molar-refractivity contribution in [1.29, 1.82) is 0 Å². The van der Waals surface area contributed by atoms with Crippen molar-refractivity contribution in [3.8, 4) is 11.5 Å². The normalized spacial score (nSPS) is 17.8. The summed E-state index contributed by atoms with van der Waals surface area (Å²) in [5.41, 5.74) is 0.783. The topological polar surface area (TPSA) is 73.9 Å². The van der Waals surface area contributed by atoms with Crippen LogP contribution in [0.5, 0.6) is 11.5 Å². The van der Waals surface area contributed by atoms with Gasteiger partial charge in [0.2, 0.25) is 12.7 Å². The van der Waals surface area contributed by atoms with Crippen LogP contribution in [0.3, 0.4) is 0 Å². The molecule has 28 heavy (non-hydrogen) atoms. The molecule has 2 aliphatic rings. The van der Waals surface area contributed by atoms with Gasteiger partial charge in [0.25, 0.3) is 0 Å². The van der Waals surface area contributed by atoms with Crippen LogP contribution in [0, 0.1) is 5.41 Å². The number of nitrogens with one attached hydrogen (secondary N) is 1.